The van der Waals surface area contributed by atoms with Crippen LogP contribution in [-0.4, -0.2) is 19.7 Å². The number of aromatic nitrogens is 4. The lowest BCUT2D eigenvalue weighted by molar-refractivity contribution is 0.369. The van der Waals surface area contributed by atoms with Crippen LogP contribution in [-0.2, 0) is 6.54 Å². The minimum atomic E-state index is -0.287. The Kier molecular flexibility index (Phi) is 3.50. The zero-order chi connectivity index (χ0) is 17.7. The van der Waals surface area contributed by atoms with Crippen molar-refractivity contribution in [3.8, 4) is 10.7 Å². The van der Waals surface area contributed by atoms with Gasteiger partial charge in [-0.3, -0.25) is 9.36 Å². The highest BCUT2D eigenvalue weighted by molar-refractivity contribution is 9.10. The zero-order valence-corrected chi connectivity index (χ0v) is 15.5. The van der Waals surface area contributed by atoms with Crippen molar-refractivity contribution < 1.29 is 8.94 Å². The molecule has 5 aromatic rings. The number of rotatable bonds is 3. The van der Waals surface area contributed by atoms with Gasteiger partial charge in [0.1, 0.15) is 17.6 Å². The summed E-state index contributed by atoms with van der Waals surface area (Å²) < 4.78 is 13.3. The lowest BCUT2D eigenvalue weighted by atomic mass is 10.2. The van der Waals surface area contributed by atoms with Crippen LogP contribution in [0.1, 0.15) is 5.89 Å². The zero-order valence-electron chi connectivity index (χ0n) is 13.0. The van der Waals surface area contributed by atoms with Crippen LogP contribution in [0.5, 0.6) is 0 Å². The SMILES string of the molecule is O=c1c2oc3ccccc3c2ncn1Cc1nc(-c2cc(Br)cs2)no1. The third-order valence-electron chi connectivity index (χ3n) is 3.91. The number of para-hydroxylation sites is 1. The number of hydrogen-bond acceptors (Lipinski definition) is 7. The summed E-state index contributed by atoms with van der Waals surface area (Å²) >= 11 is 4.90. The van der Waals surface area contributed by atoms with Gasteiger partial charge in [0.25, 0.3) is 5.56 Å². The Balaban J connectivity index is 1.54. The van der Waals surface area contributed by atoms with Crippen molar-refractivity contribution in [2.45, 2.75) is 6.54 Å². The molecular weight excluding hydrogens is 420 g/mol. The van der Waals surface area contributed by atoms with E-state index in [1.54, 1.807) is 0 Å². The monoisotopic (exact) mass is 428 g/mol. The maximum absolute atomic E-state index is 12.7. The lowest BCUT2D eigenvalue weighted by Gasteiger charge is -2.00. The largest absolute Gasteiger partial charge is 0.448 e. The quantitative estimate of drug-likeness (QED) is 0.430. The minimum absolute atomic E-state index is 0.123. The molecule has 0 aliphatic rings. The summed E-state index contributed by atoms with van der Waals surface area (Å²) in [5.41, 5.74) is 1.12. The second-order valence-electron chi connectivity index (χ2n) is 5.59. The highest BCUT2D eigenvalue weighted by Crippen LogP contribution is 2.28. The van der Waals surface area contributed by atoms with Gasteiger partial charge in [-0.1, -0.05) is 17.3 Å². The van der Waals surface area contributed by atoms with Crippen LogP contribution in [0.2, 0.25) is 0 Å². The standard InChI is InChI=1S/C17H9BrN4O3S/c18-9-5-12(26-7-9)16-20-13(25-21-16)6-22-8-19-14-10-3-1-2-4-11(10)24-15(14)17(22)23/h1-5,7-8H,6H2. The van der Waals surface area contributed by atoms with Crippen LogP contribution >= 0.6 is 27.3 Å². The molecule has 4 aromatic heterocycles. The molecule has 9 heteroatoms. The Morgan fingerprint density at radius 1 is 1.27 bits per heavy atom. The van der Waals surface area contributed by atoms with Crippen molar-refractivity contribution >= 4 is 49.3 Å². The molecule has 0 spiro atoms. The highest BCUT2D eigenvalue weighted by Gasteiger charge is 2.16. The molecule has 0 unspecified atom stereocenters. The van der Waals surface area contributed by atoms with Crippen molar-refractivity contribution in [2.24, 2.45) is 0 Å². The molecule has 0 N–H and O–H groups in total. The lowest BCUT2D eigenvalue weighted by Crippen LogP contribution is -2.20. The number of thiophene rings is 1. The molecule has 26 heavy (non-hydrogen) atoms. The van der Waals surface area contributed by atoms with Gasteiger partial charge in [-0.15, -0.1) is 11.3 Å². The molecule has 5 rings (SSSR count). The summed E-state index contributed by atoms with van der Waals surface area (Å²) in [5, 5.41) is 6.72. The fourth-order valence-corrected chi connectivity index (χ4v) is 4.07. The van der Waals surface area contributed by atoms with E-state index in [9.17, 15) is 4.79 Å². The summed E-state index contributed by atoms with van der Waals surface area (Å²) in [6, 6.07) is 9.33. The van der Waals surface area contributed by atoms with Gasteiger partial charge in [0.15, 0.2) is 0 Å². The Bertz CT molecular complexity index is 1320. The Hall–Kier alpha value is -2.78. The van der Waals surface area contributed by atoms with Crippen LogP contribution in [0, 0.1) is 0 Å². The van der Waals surface area contributed by atoms with E-state index in [2.05, 4.69) is 31.1 Å². The molecule has 0 atom stereocenters. The first-order valence-corrected chi connectivity index (χ1v) is 9.30. The normalized spacial score (nSPS) is 11.6. The van der Waals surface area contributed by atoms with Crippen molar-refractivity contribution in [1.29, 1.82) is 0 Å². The molecule has 7 nitrogen and oxygen atoms in total. The van der Waals surface area contributed by atoms with Gasteiger partial charge in [0.05, 0.1) is 11.2 Å². The second kappa shape index (κ2) is 5.89. The summed E-state index contributed by atoms with van der Waals surface area (Å²) in [6.07, 6.45) is 1.47. The third kappa shape index (κ3) is 2.47. The van der Waals surface area contributed by atoms with Crippen LogP contribution in [0.15, 0.2) is 60.2 Å². The summed E-state index contributed by atoms with van der Waals surface area (Å²) in [6.45, 7) is 0.123. The van der Waals surface area contributed by atoms with E-state index in [4.69, 9.17) is 8.94 Å². The highest BCUT2D eigenvalue weighted by atomic mass is 79.9. The molecule has 0 aliphatic heterocycles. The summed E-state index contributed by atoms with van der Waals surface area (Å²) in [7, 11) is 0. The molecule has 0 saturated heterocycles. The van der Waals surface area contributed by atoms with E-state index in [0.29, 0.717) is 22.8 Å². The molecule has 128 valence electrons. The Morgan fingerprint density at radius 3 is 3.00 bits per heavy atom. The number of hydrogen-bond donors (Lipinski definition) is 0. The first kappa shape index (κ1) is 15.5. The van der Waals surface area contributed by atoms with Crippen LogP contribution < -0.4 is 5.56 Å². The molecule has 0 aliphatic carbocycles. The van der Waals surface area contributed by atoms with Gasteiger partial charge in [-0.25, -0.2) is 4.98 Å². The van der Waals surface area contributed by atoms with Crippen molar-refractivity contribution in [3.63, 3.8) is 0 Å². The molecule has 1 aromatic carbocycles. The fourth-order valence-electron chi connectivity index (χ4n) is 2.72. The molecule has 0 bridgehead atoms. The van der Waals surface area contributed by atoms with Gasteiger partial charge in [-0.2, -0.15) is 4.98 Å². The van der Waals surface area contributed by atoms with Crippen molar-refractivity contribution in [2.75, 3.05) is 0 Å². The van der Waals surface area contributed by atoms with Crippen LogP contribution in [0.3, 0.4) is 0 Å². The average molecular weight is 429 g/mol. The number of fused-ring (bicyclic) bond motifs is 3. The first-order chi connectivity index (χ1) is 12.7. The average Bonchev–Trinajstić information content (AvgIpc) is 3.35. The summed E-state index contributed by atoms with van der Waals surface area (Å²) in [5.74, 6) is 0.811. The maximum Gasteiger partial charge on any atom is 0.297 e. The van der Waals surface area contributed by atoms with Gasteiger partial charge < -0.3 is 8.94 Å². The summed E-state index contributed by atoms with van der Waals surface area (Å²) in [4.78, 5) is 22.3. The van der Waals surface area contributed by atoms with E-state index >= 15 is 0 Å². The number of furan rings is 1. The minimum Gasteiger partial charge on any atom is -0.448 e. The van der Waals surface area contributed by atoms with Crippen molar-refractivity contribution in [1.82, 2.24) is 19.7 Å². The van der Waals surface area contributed by atoms with Gasteiger partial charge in [0.2, 0.25) is 17.3 Å². The predicted molar refractivity (Wildman–Crippen MR) is 100 cm³/mol. The number of halogens is 1. The van der Waals surface area contributed by atoms with Crippen molar-refractivity contribution in [3.05, 3.63) is 62.8 Å². The molecule has 0 fully saturated rings. The predicted octanol–water partition coefficient (Wildman–Crippen LogP) is 4.07. The van der Waals surface area contributed by atoms with Crippen LogP contribution in [0.25, 0.3) is 32.8 Å². The Morgan fingerprint density at radius 2 is 2.15 bits per heavy atom. The van der Waals surface area contributed by atoms with Crippen LogP contribution in [0.4, 0.5) is 0 Å². The van der Waals surface area contributed by atoms with E-state index in [-0.39, 0.29) is 17.7 Å². The van der Waals surface area contributed by atoms with Gasteiger partial charge >= 0.3 is 0 Å². The second-order valence-corrected chi connectivity index (χ2v) is 7.42. The van der Waals surface area contributed by atoms with E-state index < -0.39 is 0 Å². The van der Waals surface area contributed by atoms with E-state index in [1.807, 2.05) is 35.7 Å². The molecule has 4 heterocycles. The Labute approximate surface area is 158 Å². The number of benzene rings is 1. The molecule has 0 radical (unpaired) electrons. The first-order valence-electron chi connectivity index (χ1n) is 7.63. The number of nitrogens with zero attached hydrogens (tertiary/aromatic N) is 4. The topological polar surface area (TPSA) is 87.0 Å². The van der Waals surface area contributed by atoms with Gasteiger partial charge in [-0.05, 0) is 34.1 Å². The molecular formula is C17H9BrN4O3S. The fraction of sp³-hybridized carbons (Fsp3) is 0.0588. The smallest absolute Gasteiger partial charge is 0.297 e. The van der Waals surface area contributed by atoms with Gasteiger partial charge in [0, 0.05) is 15.2 Å². The molecule has 0 amide bonds. The maximum atomic E-state index is 12.7. The molecule has 0 saturated carbocycles. The van der Waals surface area contributed by atoms with E-state index in [0.717, 1.165) is 14.7 Å². The third-order valence-corrected chi connectivity index (χ3v) is 5.60. The van der Waals surface area contributed by atoms with E-state index in [1.165, 1.54) is 22.2 Å².